The number of fused-ring (bicyclic) bond motifs is 2. The van der Waals surface area contributed by atoms with Gasteiger partial charge in [-0.1, -0.05) is 6.07 Å². The molecular formula is C19H14N6OS. The van der Waals surface area contributed by atoms with E-state index in [-0.39, 0.29) is 12.5 Å². The molecule has 0 aliphatic rings. The number of hydrogen-bond acceptors (Lipinski definition) is 5. The predicted octanol–water partition coefficient (Wildman–Crippen LogP) is 3.26. The first-order valence-corrected chi connectivity index (χ1v) is 9.32. The van der Waals surface area contributed by atoms with E-state index in [0.29, 0.717) is 17.0 Å². The lowest BCUT2D eigenvalue weighted by molar-refractivity contribution is 0.0951. The number of benzene rings is 1. The maximum atomic E-state index is 12.6. The van der Waals surface area contributed by atoms with Crippen molar-refractivity contribution in [3.05, 3.63) is 70.8 Å². The summed E-state index contributed by atoms with van der Waals surface area (Å²) in [5.41, 5.74) is 4.08. The Kier molecular flexibility index (Phi) is 3.68. The van der Waals surface area contributed by atoms with E-state index in [9.17, 15) is 4.79 Å². The van der Waals surface area contributed by atoms with Crippen LogP contribution in [0.1, 0.15) is 16.2 Å². The van der Waals surface area contributed by atoms with Crippen LogP contribution in [-0.2, 0) is 6.54 Å². The zero-order valence-corrected chi connectivity index (χ0v) is 14.9. The number of nitrogens with zero attached hydrogens (tertiary/aromatic N) is 4. The van der Waals surface area contributed by atoms with Crippen LogP contribution in [0.25, 0.3) is 27.8 Å². The van der Waals surface area contributed by atoms with Crippen molar-refractivity contribution in [2.45, 2.75) is 6.54 Å². The van der Waals surface area contributed by atoms with Gasteiger partial charge in [-0.3, -0.25) is 4.79 Å². The zero-order valence-electron chi connectivity index (χ0n) is 14.1. The van der Waals surface area contributed by atoms with Crippen molar-refractivity contribution in [2.24, 2.45) is 0 Å². The van der Waals surface area contributed by atoms with E-state index in [1.807, 2.05) is 53.4 Å². The SMILES string of the molecule is O=C(NCc1nnc2ccc(-c3ccsc3)nn12)c1cccc2[nH]ccc12. The number of hydrogen-bond donors (Lipinski definition) is 2. The summed E-state index contributed by atoms with van der Waals surface area (Å²) in [6, 6.07) is 13.3. The second-order valence-corrected chi connectivity index (χ2v) is 6.82. The van der Waals surface area contributed by atoms with Crippen molar-refractivity contribution in [3.63, 3.8) is 0 Å². The summed E-state index contributed by atoms with van der Waals surface area (Å²) < 4.78 is 1.67. The van der Waals surface area contributed by atoms with Gasteiger partial charge in [0, 0.05) is 33.6 Å². The van der Waals surface area contributed by atoms with Gasteiger partial charge in [0.15, 0.2) is 11.5 Å². The normalized spacial score (nSPS) is 11.3. The largest absolute Gasteiger partial charge is 0.361 e. The molecule has 132 valence electrons. The lowest BCUT2D eigenvalue weighted by Crippen LogP contribution is -2.24. The molecule has 0 atom stereocenters. The van der Waals surface area contributed by atoms with E-state index in [1.165, 1.54) is 0 Å². The highest BCUT2D eigenvalue weighted by molar-refractivity contribution is 7.08. The number of carbonyl (C=O) groups excluding carboxylic acids is 1. The minimum Gasteiger partial charge on any atom is -0.361 e. The molecule has 0 bridgehead atoms. The molecule has 5 rings (SSSR count). The van der Waals surface area contributed by atoms with Crippen molar-refractivity contribution in [2.75, 3.05) is 0 Å². The maximum absolute atomic E-state index is 12.6. The fraction of sp³-hybridized carbons (Fsp3) is 0.0526. The molecule has 7 nitrogen and oxygen atoms in total. The van der Waals surface area contributed by atoms with Crippen LogP contribution >= 0.6 is 11.3 Å². The van der Waals surface area contributed by atoms with Crippen molar-refractivity contribution >= 4 is 33.8 Å². The van der Waals surface area contributed by atoms with Crippen LogP contribution in [0.3, 0.4) is 0 Å². The Bertz CT molecular complexity index is 1250. The Hall–Kier alpha value is -3.52. The third-order valence-corrected chi connectivity index (χ3v) is 5.07. The molecule has 2 N–H and O–H groups in total. The lowest BCUT2D eigenvalue weighted by Gasteiger charge is -2.06. The Balaban J connectivity index is 1.42. The smallest absolute Gasteiger partial charge is 0.252 e. The van der Waals surface area contributed by atoms with E-state index < -0.39 is 0 Å². The second-order valence-electron chi connectivity index (χ2n) is 6.04. The summed E-state index contributed by atoms with van der Waals surface area (Å²) in [6.45, 7) is 0.237. The van der Waals surface area contributed by atoms with Crippen LogP contribution < -0.4 is 5.32 Å². The van der Waals surface area contributed by atoms with Gasteiger partial charge in [-0.25, -0.2) is 0 Å². The molecule has 27 heavy (non-hydrogen) atoms. The third-order valence-electron chi connectivity index (χ3n) is 4.39. The van der Waals surface area contributed by atoms with Crippen LogP contribution in [0.15, 0.2) is 59.4 Å². The van der Waals surface area contributed by atoms with E-state index in [1.54, 1.807) is 21.9 Å². The van der Waals surface area contributed by atoms with E-state index in [2.05, 4.69) is 25.6 Å². The molecule has 4 heterocycles. The topological polar surface area (TPSA) is 88.0 Å². The Morgan fingerprint density at radius 3 is 3.00 bits per heavy atom. The van der Waals surface area contributed by atoms with Gasteiger partial charge in [-0.15, -0.1) is 10.2 Å². The molecule has 1 aromatic carbocycles. The highest BCUT2D eigenvalue weighted by Crippen LogP contribution is 2.20. The predicted molar refractivity (Wildman–Crippen MR) is 104 cm³/mol. The van der Waals surface area contributed by atoms with Gasteiger partial charge in [-0.2, -0.15) is 21.0 Å². The number of aromatic nitrogens is 5. The molecule has 8 heteroatoms. The molecule has 0 fully saturated rings. The fourth-order valence-corrected chi connectivity index (χ4v) is 3.70. The van der Waals surface area contributed by atoms with E-state index in [4.69, 9.17) is 0 Å². The third kappa shape index (κ3) is 2.76. The summed E-state index contributed by atoms with van der Waals surface area (Å²) in [6.07, 6.45) is 1.82. The highest BCUT2D eigenvalue weighted by atomic mass is 32.1. The van der Waals surface area contributed by atoms with Crippen molar-refractivity contribution in [3.8, 4) is 11.3 Å². The number of aromatic amines is 1. The van der Waals surface area contributed by atoms with Crippen molar-refractivity contribution in [1.29, 1.82) is 0 Å². The first kappa shape index (κ1) is 15.7. The van der Waals surface area contributed by atoms with Gasteiger partial charge in [0.05, 0.1) is 12.2 Å². The number of thiophene rings is 1. The second kappa shape index (κ2) is 6.33. The average molecular weight is 374 g/mol. The summed E-state index contributed by atoms with van der Waals surface area (Å²) in [5, 5.41) is 20.8. The quantitative estimate of drug-likeness (QED) is 0.505. The number of nitrogens with one attached hydrogen (secondary N) is 2. The van der Waals surface area contributed by atoms with Gasteiger partial charge >= 0.3 is 0 Å². The lowest BCUT2D eigenvalue weighted by atomic mass is 10.1. The standard InChI is InChI=1S/C19H14N6OS/c26-19(14-2-1-3-16-13(14)6-8-20-16)21-10-18-23-22-17-5-4-15(24-25(17)18)12-7-9-27-11-12/h1-9,11,20H,10H2,(H,21,26). The van der Waals surface area contributed by atoms with Crippen LogP contribution in [0, 0.1) is 0 Å². The number of carbonyl (C=O) groups is 1. The molecule has 0 unspecified atom stereocenters. The van der Waals surface area contributed by atoms with Gasteiger partial charge in [0.2, 0.25) is 0 Å². The first-order valence-electron chi connectivity index (χ1n) is 8.38. The van der Waals surface area contributed by atoms with Crippen LogP contribution in [0.4, 0.5) is 0 Å². The van der Waals surface area contributed by atoms with Crippen LogP contribution in [0.5, 0.6) is 0 Å². The number of H-pyrrole nitrogens is 1. The van der Waals surface area contributed by atoms with Crippen LogP contribution in [0.2, 0.25) is 0 Å². The molecule has 0 saturated carbocycles. The molecule has 1 amide bonds. The number of rotatable bonds is 4. The van der Waals surface area contributed by atoms with Gasteiger partial charge in [0.25, 0.3) is 5.91 Å². The molecule has 0 spiro atoms. The van der Waals surface area contributed by atoms with Crippen molar-refractivity contribution < 1.29 is 4.79 Å². The minimum atomic E-state index is -0.161. The molecule has 0 aliphatic carbocycles. The molecule has 0 saturated heterocycles. The molecular weight excluding hydrogens is 360 g/mol. The van der Waals surface area contributed by atoms with Crippen LogP contribution in [-0.4, -0.2) is 30.7 Å². The van der Waals surface area contributed by atoms with Gasteiger partial charge in [-0.05, 0) is 41.8 Å². The van der Waals surface area contributed by atoms with Crippen molar-refractivity contribution in [1.82, 2.24) is 30.1 Å². The zero-order chi connectivity index (χ0) is 18.2. The van der Waals surface area contributed by atoms with E-state index in [0.717, 1.165) is 22.2 Å². The minimum absolute atomic E-state index is 0.161. The Morgan fingerprint density at radius 2 is 2.11 bits per heavy atom. The molecule has 0 aliphatic heterocycles. The summed E-state index contributed by atoms with van der Waals surface area (Å²) >= 11 is 1.62. The monoisotopic (exact) mass is 374 g/mol. The van der Waals surface area contributed by atoms with Gasteiger partial charge in [0.1, 0.15) is 0 Å². The molecule has 5 aromatic rings. The Morgan fingerprint density at radius 1 is 1.15 bits per heavy atom. The highest BCUT2D eigenvalue weighted by Gasteiger charge is 2.13. The first-order chi connectivity index (χ1) is 13.3. The van der Waals surface area contributed by atoms with Gasteiger partial charge < -0.3 is 10.3 Å². The summed E-state index contributed by atoms with van der Waals surface area (Å²) in [5.74, 6) is 0.419. The average Bonchev–Trinajstić information content (AvgIpc) is 3.45. The summed E-state index contributed by atoms with van der Waals surface area (Å²) in [4.78, 5) is 15.8. The summed E-state index contributed by atoms with van der Waals surface area (Å²) in [7, 11) is 0. The fourth-order valence-electron chi connectivity index (χ4n) is 3.05. The Labute approximate surface area is 157 Å². The maximum Gasteiger partial charge on any atom is 0.252 e. The number of amides is 1. The molecule has 0 radical (unpaired) electrons. The van der Waals surface area contributed by atoms with E-state index >= 15 is 0 Å². The molecule has 4 aromatic heterocycles.